The minimum atomic E-state index is -3.59. The summed E-state index contributed by atoms with van der Waals surface area (Å²) in [4.78, 5) is 0.189. The van der Waals surface area contributed by atoms with Gasteiger partial charge in [-0.25, -0.2) is 13.1 Å². The van der Waals surface area contributed by atoms with Crippen molar-refractivity contribution in [1.29, 1.82) is 0 Å². The standard InChI is InChI=1S/C16H19N3O3S/c1-12-4-2-5-13-6-8-18(11-14(12)13)23(20,21)15-10-17-19-7-3-9-22-16(15)19/h2,4-5,10H,3,6-9,11H2,1H3. The predicted molar refractivity (Wildman–Crippen MR) is 84.8 cm³/mol. The van der Waals surface area contributed by atoms with Crippen molar-refractivity contribution in [3.8, 4) is 5.88 Å². The molecule has 2 aromatic rings. The number of benzene rings is 1. The lowest BCUT2D eigenvalue weighted by Crippen LogP contribution is -2.36. The van der Waals surface area contributed by atoms with Crippen molar-refractivity contribution in [2.75, 3.05) is 13.2 Å². The van der Waals surface area contributed by atoms with E-state index in [1.807, 2.05) is 19.1 Å². The van der Waals surface area contributed by atoms with E-state index in [4.69, 9.17) is 4.74 Å². The van der Waals surface area contributed by atoms with Gasteiger partial charge >= 0.3 is 0 Å². The summed E-state index contributed by atoms with van der Waals surface area (Å²) in [6, 6.07) is 6.14. The second-order valence-corrected chi connectivity index (χ2v) is 7.95. The number of rotatable bonds is 2. The quantitative estimate of drug-likeness (QED) is 0.839. The molecule has 7 heteroatoms. The lowest BCUT2D eigenvalue weighted by atomic mass is 9.97. The SMILES string of the molecule is Cc1cccc2c1CN(S(=O)(=O)c1cnn3c1OCCC3)CC2. The highest BCUT2D eigenvalue weighted by Gasteiger charge is 2.34. The third-order valence-corrected chi connectivity index (χ3v) is 6.43. The van der Waals surface area contributed by atoms with Gasteiger partial charge in [-0.15, -0.1) is 0 Å². The van der Waals surface area contributed by atoms with E-state index < -0.39 is 10.0 Å². The Kier molecular flexibility index (Phi) is 3.42. The molecular weight excluding hydrogens is 314 g/mol. The summed E-state index contributed by atoms with van der Waals surface area (Å²) in [5.74, 6) is 0.381. The molecule has 0 spiro atoms. The zero-order valence-electron chi connectivity index (χ0n) is 13.0. The van der Waals surface area contributed by atoms with E-state index in [0.29, 0.717) is 32.1 Å². The Labute approximate surface area is 135 Å². The van der Waals surface area contributed by atoms with Crippen LogP contribution in [-0.2, 0) is 29.5 Å². The molecular formula is C16H19N3O3S. The average Bonchev–Trinajstić information content (AvgIpc) is 3.00. The highest BCUT2D eigenvalue weighted by Crippen LogP contribution is 2.32. The molecule has 2 aliphatic rings. The molecule has 0 N–H and O–H groups in total. The highest BCUT2D eigenvalue weighted by molar-refractivity contribution is 7.89. The average molecular weight is 333 g/mol. The van der Waals surface area contributed by atoms with E-state index in [2.05, 4.69) is 11.2 Å². The van der Waals surface area contributed by atoms with Crippen molar-refractivity contribution in [3.05, 3.63) is 41.1 Å². The van der Waals surface area contributed by atoms with E-state index in [1.54, 1.807) is 4.68 Å². The molecule has 4 rings (SSSR count). The van der Waals surface area contributed by atoms with Gasteiger partial charge in [0.1, 0.15) is 0 Å². The van der Waals surface area contributed by atoms with Crippen LogP contribution in [0.3, 0.4) is 0 Å². The molecule has 0 amide bonds. The maximum absolute atomic E-state index is 13.0. The van der Waals surface area contributed by atoms with E-state index in [0.717, 1.165) is 24.0 Å². The van der Waals surface area contributed by atoms with Crippen LogP contribution in [0.5, 0.6) is 5.88 Å². The van der Waals surface area contributed by atoms with Gasteiger partial charge in [0.15, 0.2) is 4.90 Å². The molecule has 0 unspecified atom stereocenters. The number of sulfonamides is 1. The normalized spacial score (nSPS) is 18.1. The first kappa shape index (κ1) is 14.7. The van der Waals surface area contributed by atoms with Crippen molar-refractivity contribution in [3.63, 3.8) is 0 Å². The van der Waals surface area contributed by atoms with Crippen LogP contribution in [0.25, 0.3) is 0 Å². The summed E-state index contributed by atoms with van der Waals surface area (Å²) in [6.07, 6.45) is 3.01. The molecule has 0 radical (unpaired) electrons. The molecule has 0 fully saturated rings. The van der Waals surface area contributed by atoms with E-state index in [1.165, 1.54) is 16.1 Å². The lowest BCUT2D eigenvalue weighted by molar-refractivity contribution is 0.223. The molecule has 3 heterocycles. The van der Waals surface area contributed by atoms with E-state index in [9.17, 15) is 8.42 Å². The van der Waals surface area contributed by atoms with Gasteiger partial charge in [0.2, 0.25) is 15.9 Å². The zero-order valence-corrected chi connectivity index (χ0v) is 13.8. The summed E-state index contributed by atoms with van der Waals surface area (Å²) >= 11 is 0. The van der Waals surface area contributed by atoms with Crippen LogP contribution in [-0.4, -0.2) is 35.7 Å². The number of nitrogens with zero attached hydrogens (tertiary/aromatic N) is 3. The molecule has 6 nitrogen and oxygen atoms in total. The fraction of sp³-hybridized carbons (Fsp3) is 0.438. The van der Waals surface area contributed by atoms with Crippen LogP contribution in [0.1, 0.15) is 23.1 Å². The Hall–Kier alpha value is -1.86. The minimum absolute atomic E-state index is 0.189. The topological polar surface area (TPSA) is 64.4 Å². The van der Waals surface area contributed by atoms with Gasteiger partial charge in [0.05, 0.1) is 12.8 Å². The Morgan fingerprint density at radius 2 is 2.13 bits per heavy atom. The third kappa shape index (κ3) is 2.35. The summed E-state index contributed by atoms with van der Waals surface area (Å²) < 4.78 is 34.8. The van der Waals surface area contributed by atoms with Crippen LogP contribution in [0.4, 0.5) is 0 Å². The molecule has 23 heavy (non-hydrogen) atoms. The van der Waals surface area contributed by atoms with Gasteiger partial charge in [0, 0.05) is 26.1 Å². The smallest absolute Gasteiger partial charge is 0.250 e. The Bertz CT molecular complexity index is 857. The maximum atomic E-state index is 13.0. The van der Waals surface area contributed by atoms with E-state index in [-0.39, 0.29) is 4.90 Å². The first-order valence-electron chi connectivity index (χ1n) is 7.83. The second kappa shape index (κ2) is 5.35. The molecule has 0 saturated carbocycles. The van der Waals surface area contributed by atoms with Crippen LogP contribution in [0.15, 0.2) is 29.3 Å². The number of aromatic nitrogens is 2. The molecule has 0 atom stereocenters. The summed E-state index contributed by atoms with van der Waals surface area (Å²) in [5.41, 5.74) is 3.49. The Balaban J connectivity index is 1.71. The maximum Gasteiger partial charge on any atom is 0.250 e. The van der Waals surface area contributed by atoms with Crippen molar-refractivity contribution < 1.29 is 13.2 Å². The molecule has 1 aromatic carbocycles. The summed E-state index contributed by atoms with van der Waals surface area (Å²) in [6.45, 7) is 4.17. The number of hydrogen-bond acceptors (Lipinski definition) is 4. The van der Waals surface area contributed by atoms with Crippen LogP contribution >= 0.6 is 0 Å². The third-order valence-electron chi connectivity index (χ3n) is 4.60. The minimum Gasteiger partial charge on any atom is -0.477 e. The fourth-order valence-electron chi connectivity index (χ4n) is 3.29. The zero-order chi connectivity index (χ0) is 16.0. The second-order valence-electron chi connectivity index (χ2n) is 6.04. The Morgan fingerprint density at radius 3 is 3.00 bits per heavy atom. The lowest BCUT2D eigenvalue weighted by Gasteiger charge is -2.29. The van der Waals surface area contributed by atoms with Gasteiger partial charge in [-0.2, -0.15) is 9.40 Å². The number of ether oxygens (including phenoxy) is 1. The van der Waals surface area contributed by atoms with Crippen molar-refractivity contribution >= 4 is 10.0 Å². The molecule has 0 bridgehead atoms. The van der Waals surface area contributed by atoms with Crippen LogP contribution < -0.4 is 4.74 Å². The molecule has 0 aliphatic carbocycles. The van der Waals surface area contributed by atoms with Gasteiger partial charge in [-0.1, -0.05) is 18.2 Å². The van der Waals surface area contributed by atoms with Crippen molar-refractivity contribution in [2.45, 2.75) is 37.8 Å². The Morgan fingerprint density at radius 1 is 1.26 bits per heavy atom. The number of fused-ring (bicyclic) bond motifs is 2. The number of hydrogen-bond donors (Lipinski definition) is 0. The monoisotopic (exact) mass is 333 g/mol. The number of aryl methyl sites for hydroxylation is 2. The molecule has 122 valence electrons. The fourth-order valence-corrected chi connectivity index (χ4v) is 4.76. The van der Waals surface area contributed by atoms with Crippen LogP contribution in [0.2, 0.25) is 0 Å². The van der Waals surface area contributed by atoms with Gasteiger partial charge in [-0.3, -0.25) is 0 Å². The molecule has 2 aliphatic heterocycles. The van der Waals surface area contributed by atoms with Gasteiger partial charge in [-0.05, 0) is 30.0 Å². The summed E-state index contributed by atoms with van der Waals surface area (Å²) in [5, 5.41) is 4.17. The first-order chi connectivity index (χ1) is 11.1. The van der Waals surface area contributed by atoms with Gasteiger partial charge < -0.3 is 4.74 Å². The first-order valence-corrected chi connectivity index (χ1v) is 9.27. The van der Waals surface area contributed by atoms with E-state index >= 15 is 0 Å². The van der Waals surface area contributed by atoms with Crippen molar-refractivity contribution in [1.82, 2.24) is 14.1 Å². The van der Waals surface area contributed by atoms with Crippen molar-refractivity contribution in [2.24, 2.45) is 0 Å². The largest absolute Gasteiger partial charge is 0.477 e. The van der Waals surface area contributed by atoms with Gasteiger partial charge in [0.25, 0.3) is 0 Å². The van der Waals surface area contributed by atoms with Crippen LogP contribution in [0, 0.1) is 6.92 Å². The highest BCUT2D eigenvalue weighted by atomic mass is 32.2. The predicted octanol–water partition coefficient (Wildman–Crippen LogP) is 1.72. The summed E-state index contributed by atoms with van der Waals surface area (Å²) in [7, 11) is -3.59. The molecule has 1 aromatic heterocycles. The molecule has 0 saturated heterocycles.